The van der Waals surface area contributed by atoms with Crippen molar-refractivity contribution in [2.24, 2.45) is 29.1 Å². The van der Waals surface area contributed by atoms with Crippen LogP contribution in [-0.2, 0) is 33.3 Å². The van der Waals surface area contributed by atoms with Gasteiger partial charge in [0.05, 0.1) is 12.0 Å². The van der Waals surface area contributed by atoms with Gasteiger partial charge in [0.1, 0.15) is 12.7 Å². The van der Waals surface area contributed by atoms with E-state index in [1.165, 1.54) is 141 Å². The first kappa shape index (κ1) is 50.0. The summed E-state index contributed by atoms with van der Waals surface area (Å²) in [5.74, 6) is 3.11. The average molecular weight is 830 g/mol. The van der Waals surface area contributed by atoms with Crippen LogP contribution in [0, 0.1) is 29.1 Å². The molecule has 342 valence electrons. The van der Waals surface area contributed by atoms with E-state index < -0.39 is 23.7 Å². The first-order valence-corrected chi connectivity index (χ1v) is 25.6. The van der Waals surface area contributed by atoms with Crippen LogP contribution in [0.25, 0.3) is 0 Å². The first-order valence-electron chi connectivity index (χ1n) is 25.6. The largest absolute Gasteiger partial charge is 0.462 e. The SMILES string of the molecule is CCCCCCCCC1CC1CCCCCCCC(=O)O[C@@H]1[C@@H](OC(=O)CCCCCCCC2CC2CCCCCCCC)CO[C@@H]1COC(=O)C1(C)CCN(C)CC1. The molecule has 2 aliphatic carbocycles. The molecule has 0 aromatic rings. The van der Waals surface area contributed by atoms with Gasteiger partial charge < -0.3 is 23.8 Å². The quantitative estimate of drug-likeness (QED) is 0.0354. The van der Waals surface area contributed by atoms with Crippen LogP contribution in [0.15, 0.2) is 0 Å². The number of unbranched alkanes of at least 4 members (excludes halogenated alkanes) is 18. The van der Waals surface area contributed by atoms with E-state index in [1.54, 1.807) is 0 Å². The highest BCUT2D eigenvalue weighted by Gasteiger charge is 2.45. The lowest BCUT2D eigenvalue weighted by atomic mass is 9.80. The molecular formula is C51H91NO7. The second-order valence-corrected chi connectivity index (χ2v) is 20.1. The lowest BCUT2D eigenvalue weighted by Crippen LogP contribution is -2.44. The van der Waals surface area contributed by atoms with Gasteiger partial charge in [0.25, 0.3) is 0 Å². The predicted octanol–water partition coefficient (Wildman–Crippen LogP) is 12.7. The maximum absolute atomic E-state index is 13.2. The summed E-state index contributed by atoms with van der Waals surface area (Å²) in [6, 6.07) is 0. The minimum atomic E-state index is -0.778. The van der Waals surface area contributed by atoms with Crippen molar-refractivity contribution in [3.8, 4) is 0 Å². The lowest BCUT2D eigenvalue weighted by molar-refractivity contribution is -0.171. The number of rotatable bonds is 35. The molecule has 0 radical (unpaired) electrons. The highest BCUT2D eigenvalue weighted by Crippen LogP contribution is 2.46. The molecule has 8 heteroatoms. The Balaban J connectivity index is 1.08. The lowest BCUT2D eigenvalue weighted by Gasteiger charge is -2.36. The number of piperidine rings is 1. The third-order valence-corrected chi connectivity index (χ3v) is 14.6. The van der Waals surface area contributed by atoms with Gasteiger partial charge >= 0.3 is 17.9 Å². The minimum absolute atomic E-state index is 0.0162. The molecule has 0 amide bonds. The van der Waals surface area contributed by atoms with Gasteiger partial charge in [0.15, 0.2) is 12.2 Å². The monoisotopic (exact) mass is 830 g/mol. The Morgan fingerprint density at radius 2 is 0.983 bits per heavy atom. The molecule has 0 N–H and O–H groups in total. The van der Waals surface area contributed by atoms with Crippen LogP contribution in [0.2, 0.25) is 0 Å². The summed E-state index contributed by atoms with van der Waals surface area (Å²) < 4.78 is 23.7. The number of ether oxygens (including phenoxy) is 4. The van der Waals surface area contributed by atoms with Gasteiger partial charge in [0, 0.05) is 12.8 Å². The third-order valence-electron chi connectivity index (χ3n) is 14.6. The number of hydrogen-bond donors (Lipinski definition) is 0. The van der Waals surface area contributed by atoms with Gasteiger partial charge in [-0.25, -0.2) is 0 Å². The number of esters is 3. The van der Waals surface area contributed by atoms with Crippen molar-refractivity contribution in [2.75, 3.05) is 33.4 Å². The molecule has 0 aromatic heterocycles. The molecule has 8 nitrogen and oxygen atoms in total. The zero-order valence-electron chi connectivity index (χ0n) is 38.8. The Kier molecular flexibility index (Phi) is 24.4. The maximum Gasteiger partial charge on any atom is 0.311 e. The highest BCUT2D eigenvalue weighted by molar-refractivity contribution is 5.76. The normalized spacial score (nSPS) is 26.1. The van der Waals surface area contributed by atoms with Crippen molar-refractivity contribution in [1.29, 1.82) is 0 Å². The van der Waals surface area contributed by atoms with E-state index in [-0.39, 0.29) is 31.1 Å². The fourth-order valence-corrected chi connectivity index (χ4v) is 9.95. The summed E-state index contributed by atoms with van der Waals surface area (Å²) >= 11 is 0. The summed E-state index contributed by atoms with van der Waals surface area (Å²) in [7, 11) is 2.07. The summed E-state index contributed by atoms with van der Waals surface area (Å²) in [4.78, 5) is 41.6. The summed E-state index contributed by atoms with van der Waals surface area (Å²) in [6.45, 7) is 8.36. The van der Waals surface area contributed by atoms with E-state index in [0.717, 1.165) is 88.1 Å². The van der Waals surface area contributed by atoms with Crippen molar-refractivity contribution in [3.63, 3.8) is 0 Å². The maximum atomic E-state index is 13.2. The van der Waals surface area contributed by atoms with E-state index in [1.807, 2.05) is 6.92 Å². The molecule has 2 saturated carbocycles. The number of carbonyl (C=O) groups is 3. The van der Waals surface area contributed by atoms with Gasteiger partial charge in [-0.1, -0.05) is 168 Å². The first-order chi connectivity index (χ1) is 28.7. The third kappa shape index (κ3) is 20.4. The topological polar surface area (TPSA) is 91.4 Å². The summed E-state index contributed by atoms with van der Waals surface area (Å²) in [5, 5.41) is 0. The van der Waals surface area contributed by atoms with E-state index in [9.17, 15) is 14.4 Å². The van der Waals surface area contributed by atoms with Crippen molar-refractivity contribution < 1.29 is 33.3 Å². The number of likely N-dealkylation sites (tertiary alicyclic amines) is 1. The van der Waals surface area contributed by atoms with E-state index >= 15 is 0 Å². The molecule has 0 spiro atoms. The van der Waals surface area contributed by atoms with Crippen LogP contribution in [-0.4, -0.2) is 74.5 Å². The van der Waals surface area contributed by atoms with Crippen LogP contribution in [0.5, 0.6) is 0 Å². The van der Waals surface area contributed by atoms with Crippen LogP contribution in [0.4, 0.5) is 0 Å². The minimum Gasteiger partial charge on any atom is -0.462 e. The molecule has 4 fully saturated rings. The number of hydrogen-bond acceptors (Lipinski definition) is 8. The Labute approximate surface area is 362 Å². The van der Waals surface area contributed by atoms with Gasteiger partial charge in [-0.05, 0) is 89.3 Å². The van der Waals surface area contributed by atoms with Gasteiger partial charge in [0.2, 0.25) is 0 Å². The fraction of sp³-hybridized carbons (Fsp3) is 0.941. The van der Waals surface area contributed by atoms with Gasteiger partial charge in [-0.2, -0.15) is 0 Å². The number of carbonyl (C=O) groups excluding carboxylic acids is 3. The Bertz CT molecular complexity index is 1150. The summed E-state index contributed by atoms with van der Waals surface area (Å²) in [5.41, 5.74) is -0.537. The van der Waals surface area contributed by atoms with Crippen LogP contribution in [0.1, 0.15) is 226 Å². The zero-order chi connectivity index (χ0) is 42.1. The molecule has 2 saturated heterocycles. The van der Waals surface area contributed by atoms with Crippen LogP contribution < -0.4 is 0 Å². The molecule has 0 aromatic carbocycles. The van der Waals surface area contributed by atoms with E-state index in [0.29, 0.717) is 12.8 Å². The van der Waals surface area contributed by atoms with Gasteiger partial charge in [-0.3, -0.25) is 14.4 Å². The van der Waals surface area contributed by atoms with E-state index in [4.69, 9.17) is 18.9 Å². The van der Waals surface area contributed by atoms with Crippen molar-refractivity contribution in [2.45, 2.75) is 245 Å². The Hall–Kier alpha value is -1.67. The molecule has 4 unspecified atom stereocenters. The van der Waals surface area contributed by atoms with Crippen LogP contribution in [0.3, 0.4) is 0 Å². The number of nitrogens with zero attached hydrogens (tertiary/aromatic N) is 1. The standard InChI is InChI=1S/C51H91NO7/c1-5-7-9-11-15-21-27-41-37-43(41)29-23-17-13-19-25-31-47(53)58-46-40-56-45(39-57-50(55)51(3)33-35-52(4)36-34-51)49(46)59-48(54)32-26-20-14-18-24-30-44-38-42(44)28-22-16-12-10-8-6-2/h41-46,49H,5-40H2,1-4H3/t41?,42?,43?,44?,45-,46+,49+/m1/s1. The average Bonchev–Trinajstić information content (AvgIpc) is 4.14. The van der Waals surface area contributed by atoms with Crippen molar-refractivity contribution >= 4 is 17.9 Å². The smallest absolute Gasteiger partial charge is 0.311 e. The van der Waals surface area contributed by atoms with Crippen molar-refractivity contribution in [3.05, 3.63) is 0 Å². The highest BCUT2D eigenvalue weighted by atomic mass is 16.6. The molecular weight excluding hydrogens is 739 g/mol. The molecule has 2 aliphatic heterocycles. The van der Waals surface area contributed by atoms with Gasteiger partial charge in [-0.15, -0.1) is 0 Å². The van der Waals surface area contributed by atoms with E-state index in [2.05, 4.69) is 25.8 Å². The molecule has 4 aliphatic rings. The molecule has 0 bridgehead atoms. The fourth-order valence-electron chi connectivity index (χ4n) is 9.95. The molecule has 7 atom stereocenters. The second kappa shape index (κ2) is 28.8. The van der Waals surface area contributed by atoms with Crippen molar-refractivity contribution in [1.82, 2.24) is 4.90 Å². The molecule has 59 heavy (non-hydrogen) atoms. The zero-order valence-corrected chi connectivity index (χ0v) is 38.8. The molecule has 2 heterocycles. The predicted molar refractivity (Wildman–Crippen MR) is 239 cm³/mol. The summed E-state index contributed by atoms with van der Waals surface area (Å²) in [6.07, 6.45) is 36.3. The Morgan fingerprint density at radius 3 is 1.44 bits per heavy atom. The Morgan fingerprint density at radius 1 is 0.576 bits per heavy atom. The second-order valence-electron chi connectivity index (χ2n) is 20.1. The molecule has 4 rings (SSSR count). The van der Waals surface area contributed by atoms with Crippen LogP contribution >= 0.6 is 0 Å².